The minimum atomic E-state index is 0.659. The van der Waals surface area contributed by atoms with Gasteiger partial charge in [-0.05, 0) is 36.3 Å². The molecule has 5 nitrogen and oxygen atoms in total. The average Bonchev–Trinajstić information content (AvgIpc) is 2.99. The molecule has 0 N–H and O–H groups in total. The fraction of sp³-hybridized carbons (Fsp3) is 0.188. The van der Waals surface area contributed by atoms with Crippen molar-refractivity contribution in [3.63, 3.8) is 0 Å². The summed E-state index contributed by atoms with van der Waals surface area (Å²) in [6.07, 6.45) is 8.44. The monoisotopic (exact) mass is 278 g/mol. The first-order valence-electron chi connectivity index (χ1n) is 6.94. The van der Waals surface area contributed by atoms with Crippen LogP contribution >= 0.6 is 0 Å². The Labute approximate surface area is 121 Å². The van der Waals surface area contributed by atoms with Crippen LogP contribution in [0.15, 0.2) is 48.9 Å². The van der Waals surface area contributed by atoms with Gasteiger partial charge in [-0.1, -0.05) is 6.08 Å². The van der Waals surface area contributed by atoms with Crippen molar-refractivity contribution < 1.29 is 4.74 Å². The number of nitrogens with zero attached hydrogens (tertiary/aromatic N) is 4. The number of rotatable bonds is 2. The third kappa shape index (κ3) is 2.21. The summed E-state index contributed by atoms with van der Waals surface area (Å²) in [7, 11) is 0. The Balaban J connectivity index is 1.85. The molecule has 1 aliphatic rings. The van der Waals surface area contributed by atoms with Gasteiger partial charge in [-0.15, -0.1) is 0 Å². The van der Waals surface area contributed by atoms with Gasteiger partial charge < -0.3 is 4.74 Å². The van der Waals surface area contributed by atoms with Crippen molar-refractivity contribution in [2.24, 2.45) is 0 Å². The zero-order valence-electron chi connectivity index (χ0n) is 11.4. The van der Waals surface area contributed by atoms with E-state index in [0.29, 0.717) is 6.61 Å². The number of aromatic nitrogens is 4. The molecule has 0 radical (unpaired) electrons. The third-order valence-corrected chi connectivity index (χ3v) is 3.63. The average molecular weight is 278 g/mol. The quantitative estimate of drug-likeness (QED) is 0.723. The molecular formula is C16H14N4O. The molecule has 0 spiro atoms. The predicted octanol–water partition coefficient (Wildman–Crippen LogP) is 2.59. The van der Waals surface area contributed by atoms with E-state index in [1.165, 1.54) is 5.57 Å². The van der Waals surface area contributed by atoms with E-state index in [-0.39, 0.29) is 0 Å². The van der Waals surface area contributed by atoms with Gasteiger partial charge in [-0.2, -0.15) is 5.10 Å². The van der Waals surface area contributed by atoms with Gasteiger partial charge >= 0.3 is 0 Å². The lowest BCUT2D eigenvalue weighted by molar-refractivity contribution is 0.161. The molecule has 0 saturated carbocycles. The molecule has 0 unspecified atom stereocenters. The molecule has 0 amide bonds. The number of ether oxygens (including phenoxy) is 1. The van der Waals surface area contributed by atoms with Crippen LogP contribution in [0.5, 0.6) is 0 Å². The summed E-state index contributed by atoms with van der Waals surface area (Å²) in [4.78, 5) is 8.48. The highest BCUT2D eigenvalue weighted by atomic mass is 16.5. The second-order valence-electron chi connectivity index (χ2n) is 4.92. The summed E-state index contributed by atoms with van der Waals surface area (Å²) >= 11 is 0. The first kappa shape index (κ1) is 12.2. The minimum Gasteiger partial charge on any atom is -0.377 e. The Morgan fingerprint density at radius 2 is 2.00 bits per heavy atom. The van der Waals surface area contributed by atoms with Gasteiger partial charge in [0.1, 0.15) is 0 Å². The number of hydrogen-bond acceptors (Lipinski definition) is 4. The van der Waals surface area contributed by atoms with Crippen LogP contribution in [0, 0.1) is 0 Å². The molecule has 0 atom stereocenters. The number of pyridine rings is 1. The summed E-state index contributed by atoms with van der Waals surface area (Å²) in [5.74, 6) is 0. The van der Waals surface area contributed by atoms with Gasteiger partial charge in [-0.3, -0.25) is 4.98 Å². The zero-order valence-corrected chi connectivity index (χ0v) is 11.4. The van der Waals surface area contributed by atoms with Crippen molar-refractivity contribution in [3.8, 4) is 11.3 Å². The van der Waals surface area contributed by atoms with E-state index >= 15 is 0 Å². The number of fused-ring (bicyclic) bond motifs is 1. The Bertz CT molecular complexity index is 808. The van der Waals surface area contributed by atoms with Gasteiger partial charge in [0, 0.05) is 18.0 Å². The maximum atomic E-state index is 5.37. The highest BCUT2D eigenvalue weighted by Gasteiger charge is 2.13. The molecule has 0 aliphatic carbocycles. The summed E-state index contributed by atoms with van der Waals surface area (Å²) < 4.78 is 7.28. The molecule has 3 aromatic rings. The smallest absolute Gasteiger partial charge is 0.154 e. The van der Waals surface area contributed by atoms with Crippen LogP contribution in [0.1, 0.15) is 12.1 Å². The van der Waals surface area contributed by atoms with E-state index in [1.54, 1.807) is 12.4 Å². The van der Waals surface area contributed by atoms with Crippen molar-refractivity contribution in [2.45, 2.75) is 6.42 Å². The summed E-state index contributed by atoms with van der Waals surface area (Å²) in [5.41, 5.74) is 5.11. The Hall–Kier alpha value is -2.53. The minimum absolute atomic E-state index is 0.659. The lowest BCUT2D eigenvalue weighted by atomic mass is 10.1. The summed E-state index contributed by atoms with van der Waals surface area (Å²) in [6, 6.07) is 7.89. The standard InChI is InChI=1S/C16H14N4O/c1-2-16-18-11-15(13-5-9-21-10-6-13)20(16)19-14(1)12-3-7-17-8-4-12/h1-5,7-8,11H,6,9-10H2. The fourth-order valence-electron chi connectivity index (χ4n) is 2.53. The maximum Gasteiger partial charge on any atom is 0.154 e. The van der Waals surface area contributed by atoms with Crippen LogP contribution in [-0.2, 0) is 4.74 Å². The molecule has 1 aliphatic heterocycles. The molecule has 0 saturated heterocycles. The van der Waals surface area contributed by atoms with Crippen LogP contribution in [0.3, 0.4) is 0 Å². The summed E-state index contributed by atoms with van der Waals surface area (Å²) in [5, 5.41) is 4.73. The SMILES string of the molecule is C1=C(c2cnc3ccc(-c4ccncc4)nn23)CCOC1. The van der Waals surface area contributed by atoms with E-state index in [2.05, 4.69) is 16.0 Å². The van der Waals surface area contributed by atoms with Gasteiger partial charge in [0.05, 0.1) is 30.8 Å². The van der Waals surface area contributed by atoms with Crippen molar-refractivity contribution >= 4 is 11.2 Å². The van der Waals surface area contributed by atoms with E-state index in [4.69, 9.17) is 9.84 Å². The van der Waals surface area contributed by atoms with Crippen molar-refractivity contribution in [1.29, 1.82) is 0 Å². The fourth-order valence-corrected chi connectivity index (χ4v) is 2.53. The van der Waals surface area contributed by atoms with Crippen LogP contribution < -0.4 is 0 Å². The first-order valence-corrected chi connectivity index (χ1v) is 6.94. The molecule has 104 valence electrons. The molecule has 21 heavy (non-hydrogen) atoms. The van der Waals surface area contributed by atoms with E-state index in [0.717, 1.165) is 35.6 Å². The maximum absolute atomic E-state index is 5.37. The summed E-state index contributed by atoms with van der Waals surface area (Å²) in [6.45, 7) is 1.41. The van der Waals surface area contributed by atoms with E-state index in [1.807, 2.05) is 35.0 Å². The molecule has 4 rings (SSSR count). The van der Waals surface area contributed by atoms with E-state index in [9.17, 15) is 0 Å². The highest BCUT2D eigenvalue weighted by molar-refractivity contribution is 5.67. The second kappa shape index (κ2) is 5.10. The van der Waals surface area contributed by atoms with Crippen LogP contribution in [-0.4, -0.2) is 32.8 Å². The van der Waals surface area contributed by atoms with Crippen LogP contribution in [0.4, 0.5) is 0 Å². The zero-order chi connectivity index (χ0) is 14.1. The number of imidazole rings is 1. The Kier molecular flexibility index (Phi) is 2.97. The molecule has 0 bridgehead atoms. The van der Waals surface area contributed by atoms with E-state index < -0.39 is 0 Å². The van der Waals surface area contributed by atoms with Gasteiger partial charge in [0.2, 0.25) is 0 Å². The second-order valence-corrected chi connectivity index (χ2v) is 4.92. The lowest BCUT2D eigenvalue weighted by Gasteiger charge is -2.12. The highest BCUT2D eigenvalue weighted by Crippen LogP contribution is 2.23. The molecule has 4 heterocycles. The molecule has 0 fully saturated rings. The largest absolute Gasteiger partial charge is 0.377 e. The topological polar surface area (TPSA) is 52.3 Å². The molecule has 3 aromatic heterocycles. The van der Waals surface area contributed by atoms with Gasteiger partial charge in [0.25, 0.3) is 0 Å². The molecule has 0 aromatic carbocycles. The number of hydrogen-bond donors (Lipinski definition) is 0. The Morgan fingerprint density at radius 1 is 1.10 bits per heavy atom. The van der Waals surface area contributed by atoms with Crippen LogP contribution in [0.2, 0.25) is 0 Å². The van der Waals surface area contributed by atoms with Crippen molar-refractivity contribution in [3.05, 3.63) is 54.6 Å². The van der Waals surface area contributed by atoms with Gasteiger partial charge in [0.15, 0.2) is 5.65 Å². The molecular weight excluding hydrogens is 264 g/mol. The van der Waals surface area contributed by atoms with Crippen LogP contribution in [0.25, 0.3) is 22.5 Å². The normalized spacial score (nSPS) is 15.1. The lowest BCUT2D eigenvalue weighted by Crippen LogP contribution is -2.06. The predicted molar refractivity (Wildman–Crippen MR) is 79.6 cm³/mol. The third-order valence-electron chi connectivity index (χ3n) is 3.63. The first-order chi connectivity index (χ1) is 10.4. The molecule has 5 heteroatoms. The van der Waals surface area contributed by atoms with Gasteiger partial charge in [-0.25, -0.2) is 9.50 Å². The Morgan fingerprint density at radius 3 is 2.81 bits per heavy atom. The van der Waals surface area contributed by atoms with Crippen molar-refractivity contribution in [2.75, 3.05) is 13.2 Å². The van der Waals surface area contributed by atoms with Crippen molar-refractivity contribution in [1.82, 2.24) is 19.6 Å².